The number of hydrogen-bond acceptors (Lipinski definition) is 6. The first-order chi connectivity index (χ1) is 11.8. The fourth-order valence-electron chi connectivity index (χ4n) is 3.49. The molecule has 3 rings (SSSR count). The third-order valence-corrected chi connectivity index (χ3v) is 5.22. The molecule has 0 radical (unpaired) electrons. The molecule has 1 aromatic rings. The van der Waals surface area contributed by atoms with Gasteiger partial charge in [0.1, 0.15) is 35.0 Å². The first-order valence-corrected chi connectivity index (χ1v) is 9.05. The number of fused-ring (bicyclic) bond motifs is 3. The van der Waals surface area contributed by atoms with Gasteiger partial charge in [-0.25, -0.2) is 0 Å². The smallest absolute Gasteiger partial charge is 0.172 e. The molecule has 26 heavy (non-hydrogen) atoms. The molecular weight excluding hydrogens is 336 g/mol. The average Bonchev–Trinajstić information content (AvgIpc) is 3.09. The van der Waals surface area contributed by atoms with E-state index in [-0.39, 0.29) is 23.0 Å². The number of ether oxygens (including phenoxy) is 2. The summed E-state index contributed by atoms with van der Waals surface area (Å²) in [6, 6.07) is 0. The van der Waals surface area contributed by atoms with Crippen molar-refractivity contribution in [3.63, 3.8) is 0 Å². The molecule has 6 nitrogen and oxygen atoms in total. The number of benzene rings is 1. The summed E-state index contributed by atoms with van der Waals surface area (Å²) < 4.78 is 11.9. The zero-order valence-electron chi connectivity index (χ0n) is 16.2. The Bertz CT molecular complexity index is 751. The lowest BCUT2D eigenvalue weighted by molar-refractivity contribution is -0.0253. The number of phenols is 1. The molecule has 144 valence electrons. The number of aliphatic hydroxyl groups is 2. The van der Waals surface area contributed by atoms with Crippen LogP contribution in [0.4, 0.5) is 0 Å². The fraction of sp³-hybridized carbons (Fsp3) is 0.650. The first kappa shape index (κ1) is 19.0. The number of hydrogen-bond donors (Lipinski definition) is 3. The maximum Gasteiger partial charge on any atom is 0.172 e. The van der Waals surface area contributed by atoms with E-state index in [0.717, 1.165) is 0 Å². The largest absolute Gasteiger partial charge is 0.507 e. The van der Waals surface area contributed by atoms with Crippen molar-refractivity contribution in [1.29, 1.82) is 0 Å². The van der Waals surface area contributed by atoms with E-state index in [1.165, 1.54) is 0 Å². The second-order valence-corrected chi connectivity index (χ2v) is 8.79. The topological polar surface area (TPSA) is 96.2 Å². The van der Waals surface area contributed by atoms with Crippen LogP contribution in [0.5, 0.6) is 17.2 Å². The zero-order chi connectivity index (χ0) is 19.6. The summed E-state index contributed by atoms with van der Waals surface area (Å²) in [7, 11) is 0. The summed E-state index contributed by atoms with van der Waals surface area (Å²) in [4.78, 5) is 12.8. The van der Waals surface area contributed by atoms with E-state index in [1.807, 2.05) is 0 Å². The van der Waals surface area contributed by atoms with Gasteiger partial charge >= 0.3 is 0 Å². The minimum Gasteiger partial charge on any atom is -0.507 e. The van der Waals surface area contributed by atoms with Crippen molar-refractivity contribution in [1.82, 2.24) is 0 Å². The van der Waals surface area contributed by atoms with Crippen LogP contribution in [0.1, 0.15) is 63.0 Å². The number of carbonyl (C=O) groups is 1. The molecule has 0 bridgehead atoms. The van der Waals surface area contributed by atoms with Gasteiger partial charge in [0.2, 0.25) is 0 Å². The molecule has 3 N–H and O–H groups in total. The Hall–Kier alpha value is -1.79. The Kier molecular flexibility index (Phi) is 4.28. The maximum atomic E-state index is 12.8. The van der Waals surface area contributed by atoms with Gasteiger partial charge in [-0.3, -0.25) is 4.79 Å². The summed E-state index contributed by atoms with van der Waals surface area (Å²) in [6.45, 7) is 10.1. The standard InChI is InChI=1S/C20H28O6/c1-9(2)15(21)14-16(22)10-7-12(19(3,4)23)25-17(10)11-8-13(20(5,6)24)26-18(11)14/h9,12-13,22-24H,7-8H2,1-6H3/t12-,13-/m0/s1. The van der Waals surface area contributed by atoms with Gasteiger partial charge in [-0.1, -0.05) is 13.8 Å². The molecule has 0 aliphatic carbocycles. The summed E-state index contributed by atoms with van der Waals surface area (Å²) in [5, 5.41) is 31.5. The second kappa shape index (κ2) is 5.86. The van der Waals surface area contributed by atoms with Gasteiger partial charge in [0.05, 0.1) is 11.2 Å². The zero-order valence-corrected chi connectivity index (χ0v) is 16.2. The van der Waals surface area contributed by atoms with Crippen LogP contribution in [-0.2, 0) is 12.8 Å². The highest BCUT2D eigenvalue weighted by molar-refractivity contribution is 6.04. The summed E-state index contributed by atoms with van der Waals surface area (Å²) in [5.74, 6) is 0.0886. The normalized spacial score (nSPS) is 22.0. The minimum absolute atomic E-state index is 0.138. The van der Waals surface area contributed by atoms with Crippen LogP contribution in [0.25, 0.3) is 0 Å². The highest BCUT2D eigenvalue weighted by Gasteiger charge is 2.46. The van der Waals surface area contributed by atoms with Gasteiger partial charge in [0.15, 0.2) is 5.78 Å². The van der Waals surface area contributed by atoms with Crippen molar-refractivity contribution in [2.75, 3.05) is 0 Å². The Morgan fingerprint density at radius 3 is 1.88 bits per heavy atom. The highest BCUT2D eigenvalue weighted by atomic mass is 16.5. The van der Waals surface area contributed by atoms with Crippen LogP contribution in [0.3, 0.4) is 0 Å². The fourth-order valence-corrected chi connectivity index (χ4v) is 3.49. The van der Waals surface area contributed by atoms with Crippen LogP contribution >= 0.6 is 0 Å². The number of Topliss-reactive ketones (excluding diaryl/α,β-unsaturated/α-hetero) is 1. The van der Waals surface area contributed by atoms with Crippen molar-refractivity contribution in [2.24, 2.45) is 5.92 Å². The quantitative estimate of drug-likeness (QED) is 0.710. The predicted octanol–water partition coefficient (Wildman–Crippen LogP) is 2.38. The van der Waals surface area contributed by atoms with Crippen molar-refractivity contribution in [3.8, 4) is 17.2 Å². The third kappa shape index (κ3) is 2.95. The van der Waals surface area contributed by atoms with Crippen LogP contribution in [0.15, 0.2) is 0 Å². The van der Waals surface area contributed by atoms with E-state index in [9.17, 15) is 20.1 Å². The summed E-state index contributed by atoms with van der Waals surface area (Å²) >= 11 is 0. The van der Waals surface area contributed by atoms with Crippen LogP contribution in [0, 0.1) is 5.92 Å². The molecule has 0 spiro atoms. The predicted molar refractivity (Wildman–Crippen MR) is 96.1 cm³/mol. The van der Waals surface area contributed by atoms with Gasteiger partial charge in [0, 0.05) is 29.9 Å². The second-order valence-electron chi connectivity index (χ2n) is 8.79. The molecule has 0 saturated heterocycles. The Labute approximate surface area is 153 Å². The molecule has 0 saturated carbocycles. The van der Waals surface area contributed by atoms with Gasteiger partial charge in [-0.05, 0) is 27.7 Å². The number of ketones is 1. The van der Waals surface area contributed by atoms with Gasteiger partial charge in [0.25, 0.3) is 0 Å². The van der Waals surface area contributed by atoms with Crippen molar-refractivity contribution in [3.05, 3.63) is 16.7 Å². The molecule has 0 amide bonds. The van der Waals surface area contributed by atoms with E-state index in [4.69, 9.17) is 9.47 Å². The summed E-state index contributed by atoms with van der Waals surface area (Å²) in [5.41, 5.74) is -0.857. The maximum absolute atomic E-state index is 12.8. The van der Waals surface area contributed by atoms with Gasteiger partial charge in [-0.15, -0.1) is 0 Å². The van der Waals surface area contributed by atoms with E-state index in [0.29, 0.717) is 35.5 Å². The van der Waals surface area contributed by atoms with E-state index in [2.05, 4.69) is 0 Å². The molecule has 6 heteroatoms. The number of phenolic OH excluding ortho intramolecular Hbond substituents is 1. The van der Waals surface area contributed by atoms with Crippen LogP contribution in [-0.4, -0.2) is 44.5 Å². The SMILES string of the molecule is CC(C)C(=O)c1c(O)c2c(c3c1O[C@H](C(C)(C)O)C3)O[C@H](C(C)(C)O)C2. The molecule has 0 aromatic heterocycles. The molecule has 0 fully saturated rings. The van der Waals surface area contributed by atoms with E-state index < -0.39 is 23.4 Å². The van der Waals surface area contributed by atoms with Gasteiger partial charge < -0.3 is 24.8 Å². The lowest BCUT2D eigenvalue weighted by Crippen LogP contribution is -2.39. The number of rotatable bonds is 4. The molecule has 2 aliphatic heterocycles. The molecule has 0 unspecified atom stereocenters. The molecule has 1 aromatic carbocycles. The van der Waals surface area contributed by atoms with Crippen molar-refractivity contribution >= 4 is 5.78 Å². The van der Waals surface area contributed by atoms with Gasteiger partial charge in [-0.2, -0.15) is 0 Å². The van der Waals surface area contributed by atoms with E-state index in [1.54, 1.807) is 41.5 Å². The number of aromatic hydroxyl groups is 1. The first-order valence-electron chi connectivity index (χ1n) is 9.05. The average molecular weight is 364 g/mol. The number of carbonyl (C=O) groups excluding carboxylic acids is 1. The Morgan fingerprint density at radius 2 is 1.42 bits per heavy atom. The van der Waals surface area contributed by atoms with Crippen LogP contribution in [0.2, 0.25) is 0 Å². The summed E-state index contributed by atoms with van der Waals surface area (Å²) in [6.07, 6.45) is -0.396. The minimum atomic E-state index is -1.12. The monoisotopic (exact) mass is 364 g/mol. The molecule has 2 aliphatic rings. The van der Waals surface area contributed by atoms with Crippen molar-refractivity contribution < 1.29 is 29.6 Å². The lowest BCUT2D eigenvalue weighted by Gasteiger charge is -2.25. The Morgan fingerprint density at radius 1 is 0.962 bits per heavy atom. The van der Waals surface area contributed by atoms with Crippen molar-refractivity contribution in [2.45, 2.75) is 77.8 Å². The highest BCUT2D eigenvalue weighted by Crippen LogP contribution is 2.52. The molecule has 2 atom stereocenters. The lowest BCUT2D eigenvalue weighted by atomic mass is 9.89. The molecule has 2 heterocycles. The van der Waals surface area contributed by atoms with Crippen LogP contribution < -0.4 is 9.47 Å². The van der Waals surface area contributed by atoms with E-state index >= 15 is 0 Å². The Balaban J connectivity index is 2.17. The molecular formula is C20H28O6. The third-order valence-electron chi connectivity index (χ3n) is 5.22.